The molecule has 0 aliphatic heterocycles. The van der Waals surface area contributed by atoms with Crippen molar-refractivity contribution in [3.8, 4) is 0 Å². The highest BCUT2D eigenvalue weighted by atomic mass is 16.4. The first-order valence-corrected chi connectivity index (χ1v) is 5.55. The molecular formula is C12H23NO3. The summed E-state index contributed by atoms with van der Waals surface area (Å²) in [5.74, 6) is -0.855. The lowest BCUT2D eigenvalue weighted by Gasteiger charge is -2.20. The van der Waals surface area contributed by atoms with E-state index in [1.807, 2.05) is 20.8 Å². The van der Waals surface area contributed by atoms with Crippen LogP contribution in [0.2, 0.25) is 0 Å². The van der Waals surface area contributed by atoms with E-state index < -0.39 is 11.4 Å². The highest BCUT2D eigenvalue weighted by Crippen LogP contribution is 2.20. The Balaban J connectivity index is 3.92. The van der Waals surface area contributed by atoms with Gasteiger partial charge in [-0.1, -0.05) is 20.8 Å². The molecule has 0 bridgehead atoms. The molecule has 0 aromatic rings. The Bertz CT molecular complexity index is 264. The Morgan fingerprint density at radius 2 is 1.62 bits per heavy atom. The van der Waals surface area contributed by atoms with E-state index >= 15 is 0 Å². The van der Waals surface area contributed by atoms with E-state index in [0.29, 0.717) is 19.4 Å². The Hall–Kier alpha value is -1.06. The van der Waals surface area contributed by atoms with Gasteiger partial charge in [-0.25, -0.2) is 0 Å². The molecule has 1 amide bonds. The van der Waals surface area contributed by atoms with Crippen molar-refractivity contribution in [2.75, 3.05) is 6.54 Å². The largest absolute Gasteiger partial charge is 0.481 e. The highest BCUT2D eigenvalue weighted by Gasteiger charge is 2.26. The van der Waals surface area contributed by atoms with Gasteiger partial charge in [0, 0.05) is 13.0 Å². The molecule has 0 rings (SSSR count). The molecule has 2 N–H and O–H groups in total. The molecule has 4 heteroatoms. The van der Waals surface area contributed by atoms with Gasteiger partial charge in [0.15, 0.2) is 0 Å². The van der Waals surface area contributed by atoms with E-state index in [9.17, 15) is 9.59 Å². The van der Waals surface area contributed by atoms with E-state index in [4.69, 9.17) is 5.11 Å². The maximum atomic E-state index is 11.5. The van der Waals surface area contributed by atoms with Gasteiger partial charge in [0.1, 0.15) is 0 Å². The summed E-state index contributed by atoms with van der Waals surface area (Å²) in [6.07, 6.45) is 0.902. The van der Waals surface area contributed by atoms with Crippen LogP contribution in [0.5, 0.6) is 0 Å². The van der Waals surface area contributed by atoms with E-state index in [1.165, 1.54) is 0 Å². The summed E-state index contributed by atoms with van der Waals surface area (Å²) in [4.78, 5) is 22.3. The topological polar surface area (TPSA) is 66.4 Å². The molecule has 0 aromatic heterocycles. The van der Waals surface area contributed by atoms with Crippen molar-refractivity contribution in [3.63, 3.8) is 0 Å². The van der Waals surface area contributed by atoms with E-state index in [1.54, 1.807) is 13.8 Å². The zero-order valence-corrected chi connectivity index (χ0v) is 10.9. The smallest absolute Gasteiger partial charge is 0.309 e. The average molecular weight is 229 g/mol. The summed E-state index contributed by atoms with van der Waals surface area (Å²) in [5, 5.41) is 11.6. The minimum atomic E-state index is -0.836. The molecule has 0 aliphatic rings. The maximum absolute atomic E-state index is 11.5. The molecule has 0 aliphatic carbocycles. The second-order valence-corrected chi connectivity index (χ2v) is 6.03. The zero-order valence-electron chi connectivity index (χ0n) is 10.9. The Morgan fingerprint density at radius 3 is 2.00 bits per heavy atom. The second-order valence-electron chi connectivity index (χ2n) is 6.03. The van der Waals surface area contributed by atoms with Gasteiger partial charge in [-0.05, 0) is 25.7 Å². The quantitative estimate of drug-likeness (QED) is 0.758. The standard InChI is InChI=1S/C12H23NO3/c1-11(2,3)8-9(14)13-7-6-12(4,5)10(15)16/h6-8H2,1-5H3,(H,13,14)(H,15,16). The van der Waals surface area contributed by atoms with Crippen LogP contribution in [0.4, 0.5) is 0 Å². The lowest BCUT2D eigenvalue weighted by Crippen LogP contribution is -2.33. The van der Waals surface area contributed by atoms with Gasteiger partial charge in [0.2, 0.25) is 5.91 Å². The van der Waals surface area contributed by atoms with Crippen LogP contribution in [0.1, 0.15) is 47.5 Å². The number of nitrogens with one attached hydrogen (secondary N) is 1. The molecule has 0 heterocycles. The van der Waals surface area contributed by atoms with Crippen LogP contribution in [-0.2, 0) is 9.59 Å². The second kappa shape index (κ2) is 5.32. The number of carboxylic acid groups (broad SMARTS) is 1. The normalized spacial score (nSPS) is 12.3. The third-order valence-corrected chi connectivity index (χ3v) is 2.34. The molecule has 94 valence electrons. The summed E-state index contributed by atoms with van der Waals surface area (Å²) in [6, 6.07) is 0. The molecule has 16 heavy (non-hydrogen) atoms. The summed E-state index contributed by atoms with van der Waals surface area (Å²) >= 11 is 0. The molecule has 0 spiro atoms. The number of amides is 1. The molecule has 0 radical (unpaired) electrons. The predicted octanol–water partition coefficient (Wildman–Crippen LogP) is 2.04. The summed E-state index contributed by atoms with van der Waals surface area (Å²) < 4.78 is 0. The lowest BCUT2D eigenvalue weighted by atomic mass is 9.89. The number of hydrogen-bond acceptors (Lipinski definition) is 2. The fraction of sp³-hybridized carbons (Fsp3) is 0.833. The van der Waals surface area contributed by atoms with Gasteiger partial charge in [-0.3, -0.25) is 9.59 Å². The number of rotatable bonds is 5. The van der Waals surface area contributed by atoms with Gasteiger partial charge in [-0.15, -0.1) is 0 Å². The van der Waals surface area contributed by atoms with Crippen molar-refractivity contribution in [1.29, 1.82) is 0 Å². The lowest BCUT2D eigenvalue weighted by molar-refractivity contribution is -0.147. The number of carboxylic acids is 1. The van der Waals surface area contributed by atoms with Gasteiger partial charge >= 0.3 is 5.97 Å². The fourth-order valence-corrected chi connectivity index (χ4v) is 1.17. The van der Waals surface area contributed by atoms with Crippen LogP contribution in [0.25, 0.3) is 0 Å². The number of carbonyl (C=O) groups excluding carboxylic acids is 1. The van der Waals surface area contributed by atoms with Crippen LogP contribution < -0.4 is 5.32 Å². The molecule has 0 fully saturated rings. The van der Waals surface area contributed by atoms with Crippen molar-refractivity contribution in [2.24, 2.45) is 10.8 Å². The van der Waals surface area contributed by atoms with Gasteiger partial charge in [-0.2, -0.15) is 0 Å². The van der Waals surface area contributed by atoms with E-state index in [2.05, 4.69) is 5.32 Å². The van der Waals surface area contributed by atoms with Gasteiger partial charge in [0.05, 0.1) is 5.41 Å². The Labute approximate surface area is 97.4 Å². The van der Waals surface area contributed by atoms with Crippen molar-refractivity contribution in [2.45, 2.75) is 47.5 Å². The fourth-order valence-electron chi connectivity index (χ4n) is 1.17. The third-order valence-electron chi connectivity index (χ3n) is 2.34. The van der Waals surface area contributed by atoms with Crippen molar-refractivity contribution in [1.82, 2.24) is 5.32 Å². The first-order valence-electron chi connectivity index (χ1n) is 5.55. The molecule has 0 saturated heterocycles. The van der Waals surface area contributed by atoms with E-state index in [-0.39, 0.29) is 11.3 Å². The van der Waals surface area contributed by atoms with Gasteiger partial charge in [0.25, 0.3) is 0 Å². The minimum absolute atomic E-state index is 0.0197. The average Bonchev–Trinajstić information content (AvgIpc) is 1.99. The Kier molecular flexibility index (Phi) is 4.97. The molecule has 0 atom stereocenters. The molecule has 0 saturated carbocycles. The molecule has 0 aromatic carbocycles. The zero-order chi connectivity index (χ0) is 13.0. The maximum Gasteiger partial charge on any atom is 0.309 e. The molecule has 4 nitrogen and oxygen atoms in total. The first-order chi connectivity index (χ1) is 7.04. The van der Waals surface area contributed by atoms with Crippen molar-refractivity contribution >= 4 is 11.9 Å². The van der Waals surface area contributed by atoms with Gasteiger partial charge < -0.3 is 10.4 Å². The van der Waals surface area contributed by atoms with Crippen LogP contribution in [0, 0.1) is 10.8 Å². The highest BCUT2D eigenvalue weighted by molar-refractivity contribution is 5.77. The molecular weight excluding hydrogens is 206 g/mol. The summed E-state index contributed by atoms with van der Waals surface area (Å²) in [5.41, 5.74) is -0.818. The van der Waals surface area contributed by atoms with Crippen LogP contribution >= 0.6 is 0 Å². The summed E-state index contributed by atoms with van der Waals surface area (Å²) in [7, 11) is 0. The van der Waals surface area contributed by atoms with E-state index in [0.717, 1.165) is 0 Å². The number of aliphatic carboxylic acids is 1. The van der Waals surface area contributed by atoms with Crippen LogP contribution in [0.15, 0.2) is 0 Å². The third kappa shape index (κ3) is 6.43. The molecule has 0 unspecified atom stereocenters. The monoisotopic (exact) mass is 229 g/mol. The van der Waals surface area contributed by atoms with Crippen molar-refractivity contribution < 1.29 is 14.7 Å². The Morgan fingerprint density at radius 1 is 1.12 bits per heavy atom. The van der Waals surface area contributed by atoms with Crippen LogP contribution in [0.3, 0.4) is 0 Å². The number of hydrogen-bond donors (Lipinski definition) is 2. The first kappa shape index (κ1) is 14.9. The predicted molar refractivity (Wildman–Crippen MR) is 63.1 cm³/mol. The number of carbonyl (C=O) groups is 2. The van der Waals surface area contributed by atoms with Crippen molar-refractivity contribution in [3.05, 3.63) is 0 Å². The summed E-state index contributed by atoms with van der Waals surface area (Å²) in [6.45, 7) is 9.71. The van der Waals surface area contributed by atoms with Crippen LogP contribution in [-0.4, -0.2) is 23.5 Å². The minimum Gasteiger partial charge on any atom is -0.481 e. The SMILES string of the molecule is CC(C)(C)CC(=O)NCCC(C)(C)C(=O)O.